The van der Waals surface area contributed by atoms with E-state index < -0.39 is 29.4 Å². The number of hydrogen-bond acceptors (Lipinski definition) is 4. The summed E-state index contributed by atoms with van der Waals surface area (Å²) in [5, 5.41) is 2.49. The van der Waals surface area contributed by atoms with E-state index in [1.54, 1.807) is 0 Å². The highest BCUT2D eigenvalue weighted by molar-refractivity contribution is 6.34. The molecule has 2 rings (SSSR count). The van der Waals surface area contributed by atoms with Crippen molar-refractivity contribution in [2.75, 3.05) is 19.0 Å². The van der Waals surface area contributed by atoms with E-state index in [9.17, 15) is 14.0 Å². The van der Waals surface area contributed by atoms with Gasteiger partial charge in [0.2, 0.25) is 0 Å². The van der Waals surface area contributed by atoms with E-state index in [4.69, 9.17) is 16.3 Å². The third-order valence-corrected chi connectivity index (χ3v) is 3.28. The van der Waals surface area contributed by atoms with Crippen LogP contribution in [-0.4, -0.2) is 31.7 Å². The van der Waals surface area contributed by atoms with Crippen LogP contribution in [-0.2, 0) is 14.3 Å². The maximum atomic E-state index is 13.8. The minimum absolute atomic E-state index is 0.0538. The first-order chi connectivity index (χ1) is 9.54. The molecule has 1 aromatic rings. The molecule has 0 saturated carbocycles. The number of methoxy groups -OCH3 is 1. The number of ether oxygens (including phenoxy) is 2. The van der Waals surface area contributed by atoms with Gasteiger partial charge in [0.1, 0.15) is 17.5 Å². The second kappa shape index (κ2) is 6.19. The zero-order chi connectivity index (χ0) is 14.7. The Hall–Kier alpha value is -1.66. The number of hydrogen-bond donors (Lipinski definition) is 1. The normalized spacial score (nSPS) is 17.9. The van der Waals surface area contributed by atoms with E-state index in [1.165, 1.54) is 6.07 Å². The van der Waals surface area contributed by atoms with E-state index in [0.29, 0.717) is 13.0 Å². The molecule has 7 heteroatoms. The Bertz CT molecular complexity index is 543. The van der Waals surface area contributed by atoms with Crippen LogP contribution in [0.25, 0.3) is 0 Å². The van der Waals surface area contributed by atoms with Crippen LogP contribution in [0.3, 0.4) is 0 Å². The van der Waals surface area contributed by atoms with Gasteiger partial charge in [-0.1, -0.05) is 11.6 Å². The number of nitrogens with one attached hydrogen (secondary N) is 1. The van der Waals surface area contributed by atoms with Crippen LogP contribution in [0.5, 0.6) is 0 Å². The van der Waals surface area contributed by atoms with Gasteiger partial charge in [-0.05, 0) is 25.0 Å². The average Bonchev–Trinajstić information content (AvgIpc) is 2.96. The number of esters is 1. The number of anilines is 1. The fourth-order valence-electron chi connectivity index (χ4n) is 1.96. The van der Waals surface area contributed by atoms with E-state index in [2.05, 4.69) is 10.1 Å². The zero-order valence-corrected chi connectivity index (χ0v) is 11.5. The van der Waals surface area contributed by atoms with Crippen molar-refractivity contribution in [1.29, 1.82) is 0 Å². The van der Waals surface area contributed by atoms with Gasteiger partial charge in [0, 0.05) is 6.61 Å². The Morgan fingerprint density at radius 1 is 1.50 bits per heavy atom. The van der Waals surface area contributed by atoms with Crippen molar-refractivity contribution in [3.8, 4) is 0 Å². The molecule has 0 aromatic heterocycles. The van der Waals surface area contributed by atoms with Crippen molar-refractivity contribution < 1.29 is 23.5 Å². The molecule has 1 aromatic carbocycles. The number of carbonyl (C=O) groups is 2. The number of rotatable bonds is 3. The molecule has 1 fully saturated rings. The predicted molar refractivity (Wildman–Crippen MR) is 70.4 cm³/mol. The van der Waals surface area contributed by atoms with Gasteiger partial charge in [0.25, 0.3) is 5.91 Å². The highest BCUT2D eigenvalue weighted by Crippen LogP contribution is 2.29. The van der Waals surface area contributed by atoms with Crippen molar-refractivity contribution in [2.45, 2.75) is 18.9 Å². The van der Waals surface area contributed by atoms with Crippen LogP contribution < -0.4 is 5.32 Å². The Labute approximate surface area is 120 Å². The molecule has 0 aliphatic carbocycles. The summed E-state index contributed by atoms with van der Waals surface area (Å²) < 4.78 is 23.5. The number of halogens is 2. The Kier molecular flexibility index (Phi) is 4.57. The lowest BCUT2D eigenvalue weighted by atomic mass is 10.1. The minimum atomic E-state index is -0.910. The van der Waals surface area contributed by atoms with E-state index in [0.717, 1.165) is 19.6 Å². The van der Waals surface area contributed by atoms with Crippen molar-refractivity contribution in [1.82, 2.24) is 0 Å². The summed E-state index contributed by atoms with van der Waals surface area (Å²) in [5.74, 6) is -2.18. The molecule has 1 aliphatic heterocycles. The quantitative estimate of drug-likeness (QED) is 0.871. The summed E-state index contributed by atoms with van der Waals surface area (Å²) in [6.07, 6.45) is 0.741. The van der Waals surface area contributed by atoms with Gasteiger partial charge >= 0.3 is 5.97 Å². The topological polar surface area (TPSA) is 64.6 Å². The fraction of sp³-hybridized carbons (Fsp3) is 0.385. The molecule has 0 radical (unpaired) electrons. The SMILES string of the molecule is COC(=O)c1c(F)ccc(Cl)c1NC(=O)[C@H]1CCCO1. The first kappa shape index (κ1) is 14.7. The molecular formula is C13H13ClFNO4. The average molecular weight is 302 g/mol. The molecule has 1 saturated heterocycles. The van der Waals surface area contributed by atoms with Gasteiger partial charge < -0.3 is 14.8 Å². The van der Waals surface area contributed by atoms with Gasteiger partial charge in [0.05, 0.1) is 17.8 Å². The lowest BCUT2D eigenvalue weighted by Gasteiger charge is -2.14. The highest BCUT2D eigenvalue weighted by Gasteiger charge is 2.27. The summed E-state index contributed by atoms with van der Waals surface area (Å²) in [6.45, 7) is 0.499. The van der Waals surface area contributed by atoms with E-state index >= 15 is 0 Å². The Morgan fingerprint density at radius 3 is 2.85 bits per heavy atom. The summed E-state index contributed by atoms with van der Waals surface area (Å²) in [6, 6.07) is 2.30. The van der Waals surface area contributed by atoms with Crippen LogP contribution in [0.15, 0.2) is 12.1 Å². The summed E-state index contributed by atoms with van der Waals surface area (Å²) in [4.78, 5) is 23.6. The summed E-state index contributed by atoms with van der Waals surface area (Å²) in [7, 11) is 1.12. The van der Waals surface area contributed by atoms with Crippen molar-refractivity contribution >= 4 is 29.2 Å². The summed E-state index contributed by atoms with van der Waals surface area (Å²) in [5.41, 5.74) is -0.495. The van der Waals surface area contributed by atoms with E-state index in [-0.39, 0.29) is 10.7 Å². The standard InChI is InChI=1S/C13H13ClFNO4/c1-19-13(18)10-8(15)5-4-7(14)11(10)16-12(17)9-3-2-6-20-9/h4-5,9H,2-3,6H2,1H3,(H,16,17)/t9-/m1/s1. The molecule has 1 atom stereocenters. The predicted octanol–water partition coefficient (Wildman–Crippen LogP) is 2.38. The van der Waals surface area contributed by atoms with Crippen LogP contribution in [0.2, 0.25) is 5.02 Å². The van der Waals surface area contributed by atoms with Gasteiger partial charge in [-0.2, -0.15) is 0 Å². The molecule has 0 spiro atoms. The molecule has 0 unspecified atom stereocenters. The second-order valence-electron chi connectivity index (χ2n) is 4.26. The van der Waals surface area contributed by atoms with Crippen LogP contribution >= 0.6 is 11.6 Å². The first-order valence-corrected chi connectivity index (χ1v) is 6.41. The molecule has 0 bridgehead atoms. The molecule has 5 nitrogen and oxygen atoms in total. The summed E-state index contributed by atoms with van der Waals surface area (Å²) >= 11 is 5.92. The first-order valence-electron chi connectivity index (χ1n) is 6.03. The second-order valence-corrected chi connectivity index (χ2v) is 4.67. The molecule has 1 N–H and O–H groups in total. The van der Waals surface area contributed by atoms with Crippen LogP contribution in [0, 0.1) is 5.82 Å². The van der Waals surface area contributed by atoms with E-state index in [1.807, 2.05) is 0 Å². The minimum Gasteiger partial charge on any atom is -0.465 e. The Morgan fingerprint density at radius 2 is 2.25 bits per heavy atom. The number of amides is 1. The third-order valence-electron chi connectivity index (χ3n) is 2.96. The Balaban J connectivity index is 2.32. The van der Waals surface area contributed by atoms with Gasteiger partial charge in [-0.3, -0.25) is 4.79 Å². The maximum Gasteiger partial charge on any atom is 0.343 e. The van der Waals surface area contributed by atoms with Crippen molar-refractivity contribution in [2.24, 2.45) is 0 Å². The van der Waals surface area contributed by atoms with Gasteiger partial charge in [-0.15, -0.1) is 0 Å². The fourth-order valence-corrected chi connectivity index (χ4v) is 2.17. The molecule has 1 heterocycles. The number of benzene rings is 1. The van der Waals surface area contributed by atoms with Gasteiger partial charge in [0.15, 0.2) is 0 Å². The molecular weight excluding hydrogens is 289 g/mol. The highest BCUT2D eigenvalue weighted by atomic mass is 35.5. The van der Waals surface area contributed by atoms with Crippen LogP contribution in [0.1, 0.15) is 23.2 Å². The third kappa shape index (κ3) is 2.91. The zero-order valence-electron chi connectivity index (χ0n) is 10.7. The lowest BCUT2D eigenvalue weighted by molar-refractivity contribution is -0.124. The largest absolute Gasteiger partial charge is 0.465 e. The van der Waals surface area contributed by atoms with Crippen molar-refractivity contribution in [3.63, 3.8) is 0 Å². The lowest BCUT2D eigenvalue weighted by Crippen LogP contribution is -2.28. The van der Waals surface area contributed by atoms with Crippen molar-refractivity contribution in [3.05, 3.63) is 28.5 Å². The van der Waals surface area contributed by atoms with Crippen LogP contribution in [0.4, 0.5) is 10.1 Å². The monoisotopic (exact) mass is 301 g/mol. The molecule has 1 aliphatic rings. The van der Waals surface area contributed by atoms with Gasteiger partial charge in [-0.25, -0.2) is 9.18 Å². The molecule has 1 amide bonds. The molecule has 108 valence electrons. The smallest absolute Gasteiger partial charge is 0.343 e. The number of carbonyl (C=O) groups excluding carboxylic acids is 2. The molecule has 20 heavy (non-hydrogen) atoms. The maximum absolute atomic E-state index is 13.8.